The number of hydrogen-bond donors (Lipinski definition) is 6. The summed E-state index contributed by atoms with van der Waals surface area (Å²) in [5.41, 5.74) is 11.6. The van der Waals surface area contributed by atoms with E-state index >= 15 is 0 Å². The van der Waals surface area contributed by atoms with Crippen molar-refractivity contribution in [3.63, 3.8) is 0 Å². The van der Waals surface area contributed by atoms with Crippen LogP contribution in [0.5, 0.6) is 0 Å². The van der Waals surface area contributed by atoms with Gasteiger partial charge in [-0.2, -0.15) is 13.2 Å². The number of carbonyl (C=O) groups excluding carboxylic acids is 5. The van der Waals surface area contributed by atoms with E-state index in [9.17, 15) is 37.1 Å². The number of unbranched alkanes of at least 4 members (excludes halogenated alkanes) is 1. The van der Waals surface area contributed by atoms with Crippen LogP contribution in [0, 0.1) is 11.8 Å². The summed E-state index contributed by atoms with van der Waals surface area (Å²) in [5, 5.41) is 11.2. The molecular formula is C33H47F3N6O5. The molecule has 0 spiro atoms. The number of halogens is 3. The molecule has 0 heterocycles. The Labute approximate surface area is 273 Å². The molecule has 0 radical (unpaired) electrons. The van der Waals surface area contributed by atoms with Gasteiger partial charge in [-0.3, -0.25) is 24.0 Å². The van der Waals surface area contributed by atoms with Gasteiger partial charge >= 0.3 is 12.1 Å². The molecule has 2 rings (SSSR count). The summed E-state index contributed by atoms with van der Waals surface area (Å²) in [6.07, 6.45) is -3.72. The largest absolute Gasteiger partial charge is 0.471 e. The van der Waals surface area contributed by atoms with Crippen molar-refractivity contribution < 1.29 is 37.1 Å². The quantitative estimate of drug-likeness (QED) is 0.133. The van der Waals surface area contributed by atoms with Gasteiger partial charge in [-0.05, 0) is 60.4 Å². The Morgan fingerprint density at radius 2 is 1.40 bits per heavy atom. The first-order valence-corrected chi connectivity index (χ1v) is 15.8. The van der Waals surface area contributed by atoms with Crippen LogP contribution in [0.2, 0.25) is 0 Å². The van der Waals surface area contributed by atoms with Crippen LogP contribution >= 0.6 is 0 Å². The van der Waals surface area contributed by atoms with E-state index in [4.69, 9.17) is 11.5 Å². The van der Waals surface area contributed by atoms with Gasteiger partial charge < -0.3 is 32.7 Å². The zero-order valence-electron chi connectivity index (χ0n) is 27.3. The van der Waals surface area contributed by atoms with Gasteiger partial charge in [0.1, 0.15) is 24.2 Å². The lowest BCUT2D eigenvalue weighted by atomic mass is 9.96. The Morgan fingerprint density at radius 3 is 1.98 bits per heavy atom. The van der Waals surface area contributed by atoms with E-state index in [1.54, 1.807) is 49.5 Å². The van der Waals surface area contributed by atoms with E-state index in [0.29, 0.717) is 31.4 Å². The summed E-state index contributed by atoms with van der Waals surface area (Å²) < 4.78 is 39.8. The second-order valence-corrected chi connectivity index (χ2v) is 12.2. The monoisotopic (exact) mass is 664 g/mol. The highest BCUT2D eigenvalue weighted by Gasteiger charge is 2.41. The molecular weight excluding hydrogens is 617 g/mol. The molecule has 47 heavy (non-hydrogen) atoms. The minimum absolute atomic E-state index is 0.0310. The normalized spacial score (nSPS) is 14.8. The van der Waals surface area contributed by atoms with Gasteiger partial charge in [-0.15, -0.1) is 0 Å². The molecule has 14 heteroatoms. The average Bonchev–Trinajstić information content (AvgIpc) is 3.01. The molecule has 0 aliphatic heterocycles. The molecule has 11 nitrogen and oxygen atoms in total. The minimum atomic E-state index is -5.25. The Kier molecular flexibility index (Phi) is 15.1. The van der Waals surface area contributed by atoms with Crippen LogP contribution in [0.1, 0.15) is 65.4 Å². The van der Waals surface area contributed by atoms with E-state index in [-0.39, 0.29) is 25.2 Å². The Bertz CT molecular complexity index is 1390. The summed E-state index contributed by atoms with van der Waals surface area (Å²) in [5.74, 6) is -5.94. The van der Waals surface area contributed by atoms with Gasteiger partial charge in [0.25, 0.3) is 0 Å². The van der Waals surface area contributed by atoms with E-state index in [2.05, 4.69) is 16.0 Å². The fourth-order valence-corrected chi connectivity index (χ4v) is 5.02. The summed E-state index contributed by atoms with van der Waals surface area (Å²) in [6.45, 7) is 7.46. The molecule has 0 fully saturated rings. The lowest BCUT2D eigenvalue weighted by molar-refractivity contribution is -0.174. The van der Waals surface area contributed by atoms with Gasteiger partial charge in [-0.1, -0.05) is 76.6 Å². The highest BCUT2D eigenvalue weighted by Crippen LogP contribution is 2.19. The standard InChI is InChI=1S/C33H47F3N6O5/c1-5-20(4)27(31(46)39-24(12-8-9-15-37)29(44)40-25(28(38)43)16-19(2)3)42-30(45)26(41-32(47)33(34,35)36)18-21-13-14-22-10-6-7-11-23(22)17-21/h6-7,10-11,13-14,17,19-20,24-27H,5,8-9,12,15-16,18,37H2,1-4H3,(H2,38,43)(H,39,46)(H,40,44)(H,41,47)(H,42,45)/t20-,24-,25-,26-,27-/m0/s1. The molecule has 0 saturated heterocycles. The van der Waals surface area contributed by atoms with Crippen molar-refractivity contribution in [2.24, 2.45) is 23.3 Å². The van der Waals surface area contributed by atoms with Crippen molar-refractivity contribution in [1.29, 1.82) is 0 Å². The Morgan fingerprint density at radius 1 is 0.787 bits per heavy atom. The Hall–Kier alpha value is -4.20. The molecule has 8 N–H and O–H groups in total. The predicted molar refractivity (Wildman–Crippen MR) is 172 cm³/mol. The van der Waals surface area contributed by atoms with E-state index in [1.807, 2.05) is 26.0 Å². The number of hydrogen-bond acceptors (Lipinski definition) is 6. The van der Waals surface area contributed by atoms with Crippen LogP contribution in [0.3, 0.4) is 0 Å². The number of rotatable bonds is 18. The zero-order chi connectivity index (χ0) is 35.3. The number of benzene rings is 2. The van der Waals surface area contributed by atoms with Crippen molar-refractivity contribution in [3.8, 4) is 0 Å². The lowest BCUT2D eigenvalue weighted by Crippen LogP contribution is -2.60. The molecule has 2 aromatic carbocycles. The van der Waals surface area contributed by atoms with Crippen molar-refractivity contribution >= 4 is 40.3 Å². The van der Waals surface area contributed by atoms with E-state index in [1.165, 1.54) is 0 Å². The fourth-order valence-electron chi connectivity index (χ4n) is 5.02. The van der Waals surface area contributed by atoms with E-state index < -0.39 is 65.8 Å². The van der Waals surface area contributed by atoms with Gasteiger partial charge in [0.15, 0.2) is 0 Å². The second-order valence-electron chi connectivity index (χ2n) is 12.2. The second kappa shape index (κ2) is 18.2. The number of primary amides is 1. The molecule has 0 aliphatic carbocycles. The molecule has 0 aromatic heterocycles. The van der Waals surface area contributed by atoms with Crippen LogP contribution in [0.25, 0.3) is 10.8 Å². The maximum Gasteiger partial charge on any atom is 0.471 e. The van der Waals surface area contributed by atoms with Gasteiger partial charge in [0, 0.05) is 6.42 Å². The van der Waals surface area contributed by atoms with Crippen molar-refractivity contribution in [1.82, 2.24) is 21.3 Å². The van der Waals surface area contributed by atoms with Crippen LogP contribution in [0.15, 0.2) is 42.5 Å². The zero-order valence-corrected chi connectivity index (χ0v) is 27.3. The highest BCUT2D eigenvalue weighted by molar-refractivity contribution is 5.96. The average molecular weight is 665 g/mol. The summed E-state index contributed by atoms with van der Waals surface area (Å²) in [7, 11) is 0. The van der Waals surface area contributed by atoms with Crippen LogP contribution in [-0.2, 0) is 30.4 Å². The fraction of sp³-hybridized carbons (Fsp3) is 0.545. The minimum Gasteiger partial charge on any atom is -0.368 e. The van der Waals surface area contributed by atoms with Crippen molar-refractivity contribution in [3.05, 3.63) is 48.0 Å². The molecule has 260 valence electrons. The SMILES string of the molecule is CC[C@H](C)[C@H](NC(=O)[C@H](Cc1ccc2ccccc2c1)NC(=O)C(F)(F)F)C(=O)N[C@@H](CCCCN)C(=O)N[C@@H](CC(C)C)C(N)=O. The third-order valence-corrected chi connectivity index (χ3v) is 7.87. The molecule has 0 saturated carbocycles. The first-order chi connectivity index (χ1) is 22.1. The van der Waals surface area contributed by atoms with Gasteiger partial charge in [-0.25, -0.2) is 0 Å². The molecule has 5 amide bonds. The summed E-state index contributed by atoms with van der Waals surface area (Å²) >= 11 is 0. The number of alkyl halides is 3. The van der Waals surface area contributed by atoms with Crippen LogP contribution in [0.4, 0.5) is 13.2 Å². The summed E-state index contributed by atoms with van der Waals surface area (Å²) in [6, 6.07) is 7.32. The molecule has 5 atom stereocenters. The first kappa shape index (κ1) is 39.0. The third-order valence-electron chi connectivity index (χ3n) is 7.87. The number of nitrogens with two attached hydrogens (primary N) is 2. The molecule has 0 bridgehead atoms. The lowest BCUT2D eigenvalue weighted by Gasteiger charge is -2.29. The molecule has 0 aliphatic rings. The van der Waals surface area contributed by atoms with Crippen LogP contribution < -0.4 is 32.7 Å². The number of amides is 5. The molecule has 2 aromatic rings. The summed E-state index contributed by atoms with van der Waals surface area (Å²) in [4.78, 5) is 64.4. The topological polar surface area (TPSA) is 186 Å². The number of carbonyl (C=O) groups is 5. The maximum absolute atomic E-state index is 13.6. The van der Waals surface area contributed by atoms with Crippen LogP contribution in [-0.4, -0.2) is 66.4 Å². The van der Waals surface area contributed by atoms with Gasteiger partial charge in [0.2, 0.25) is 23.6 Å². The van der Waals surface area contributed by atoms with Gasteiger partial charge in [0.05, 0.1) is 0 Å². The smallest absolute Gasteiger partial charge is 0.368 e. The highest BCUT2D eigenvalue weighted by atomic mass is 19.4. The maximum atomic E-state index is 13.6. The molecule has 0 unspecified atom stereocenters. The number of fused-ring (bicyclic) bond motifs is 1. The first-order valence-electron chi connectivity index (χ1n) is 15.8. The Balaban J connectivity index is 2.34. The van der Waals surface area contributed by atoms with E-state index in [0.717, 1.165) is 10.8 Å². The van der Waals surface area contributed by atoms with Crippen molar-refractivity contribution in [2.45, 2.75) is 96.6 Å². The van der Waals surface area contributed by atoms with Crippen molar-refractivity contribution in [2.75, 3.05) is 6.54 Å². The number of nitrogens with one attached hydrogen (secondary N) is 4. The predicted octanol–water partition coefficient (Wildman–Crippen LogP) is 2.59. The third kappa shape index (κ3) is 12.5.